The number of carbonyl (C=O) groups is 4. The summed E-state index contributed by atoms with van der Waals surface area (Å²) in [4.78, 5) is 48.0. The lowest BCUT2D eigenvalue weighted by atomic mass is 9.65. The number of aliphatic carboxylic acids is 1. The topological polar surface area (TPSA) is 116 Å². The van der Waals surface area contributed by atoms with Gasteiger partial charge in [0.05, 0.1) is 0 Å². The van der Waals surface area contributed by atoms with E-state index in [1.165, 1.54) is 0 Å². The fraction of sp³-hybridized carbons (Fsp3) is 0.765. The Kier molecular flexibility index (Phi) is 5.39. The molecule has 3 N–H and O–H groups in total. The van der Waals surface area contributed by atoms with Gasteiger partial charge in [-0.25, -0.2) is 4.79 Å². The molecule has 4 amide bonds. The molecule has 8 nitrogen and oxygen atoms in total. The summed E-state index contributed by atoms with van der Waals surface area (Å²) in [5.74, 6) is -1.72. The lowest BCUT2D eigenvalue weighted by Gasteiger charge is -2.42. The molecule has 2 aliphatic rings. The van der Waals surface area contributed by atoms with Gasteiger partial charge in [0.15, 0.2) is 0 Å². The van der Waals surface area contributed by atoms with Crippen molar-refractivity contribution in [3.05, 3.63) is 0 Å². The monoisotopic (exact) mass is 353 g/mol. The van der Waals surface area contributed by atoms with Crippen molar-refractivity contribution in [1.29, 1.82) is 0 Å². The van der Waals surface area contributed by atoms with E-state index in [1.54, 1.807) is 0 Å². The molecule has 1 heterocycles. The van der Waals surface area contributed by atoms with Crippen molar-refractivity contribution in [3.63, 3.8) is 0 Å². The lowest BCUT2D eigenvalue weighted by Crippen LogP contribution is -2.51. The molecule has 2 rings (SSSR count). The molecule has 1 aliphatic carbocycles. The van der Waals surface area contributed by atoms with Gasteiger partial charge in [-0.05, 0) is 37.0 Å². The van der Waals surface area contributed by atoms with Crippen LogP contribution in [0, 0.1) is 11.3 Å². The molecule has 0 atom stereocenters. The van der Waals surface area contributed by atoms with E-state index in [0.717, 1.165) is 24.2 Å². The first kappa shape index (κ1) is 19.2. The summed E-state index contributed by atoms with van der Waals surface area (Å²) in [7, 11) is 0. The molecule has 1 saturated carbocycles. The van der Waals surface area contributed by atoms with Crippen molar-refractivity contribution in [3.8, 4) is 0 Å². The van der Waals surface area contributed by atoms with Crippen LogP contribution in [0.3, 0.4) is 0 Å². The average Bonchev–Trinajstić information content (AvgIpc) is 2.77. The Morgan fingerprint density at radius 2 is 1.92 bits per heavy atom. The van der Waals surface area contributed by atoms with Crippen LogP contribution in [-0.2, 0) is 14.4 Å². The van der Waals surface area contributed by atoms with Crippen molar-refractivity contribution >= 4 is 23.8 Å². The molecule has 0 unspecified atom stereocenters. The van der Waals surface area contributed by atoms with Crippen LogP contribution >= 0.6 is 0 Å². The Balaban J connectivity index is 1.99. The number of carbonyl (C=O) groups excluding carboxylic acids is 3. The van der Waals surface area contributed by atoms with Crippen LogP contribution in [0.4, 0.5) is 4.79 Å². The third-order valence-electron chi connectivity index (χ3n) is 5.84. The van der Waals surface area contributed by atoms with Gasteiger partial charge < -0.3 is 15.7 Å². The third kappa shape index (κ3) is 3.93. The number of imide groups is 1. The summed E-state index contributed by atoms with van der Waals surface area (Å²) in [5, 5.41) is 13.5. The Morgan fingerprint density at radius 3 is 2.44 bits per heavy atom. The van der Waals surface area contributed by atoms with Gasteiger partial charge in [0.2, 0.25) is 5.91 Å². The highest BCUT2D eigenvalue weighted by atomic mass is 16.4. The summed E-state index contributed by atoms with van der Waals surface area (Å²) in [6.45, 7) is 5.61. The van der Waals surface area contributed by atoms with Crippen molar-refractivity contribution < 1.29 is 24.3 Å². The van der Waals surface area contributed by atoms with E-state index in [1.807, 2.05) is 0 Å². The minimum Gasteiger partial charge on any atom is -0.480 e. The van der Waals surface area contributed by atoms with Crippen LogP contribution in [0.1, 0.15) is 52.9 Å². The zero-order chi connectivity index (χ0) is 18.8. The van der Waals surface area contributed by atoms with Crippen molar-refractivity contribution in [2.45, 2.75) is 58.4 Å². The lowest BCUT2D eigenvalue weighted by molar-refractivity contribution is -0.139. The largest absolute Gasteiger partial charge is 0.480 e. The first-order valence-corrected chi connectivity index (χ1v) is 8.74. The van der Waals surface area contributed by atoms with E-state index >= 15 is 0 Å². The predicted molar refractivity (Wildman–Crippen MR) is 89.7 cm³/mol. The van der Waals surface area contributed by atoms with E-state index in [9.17, 15) is 19.2 Å². The number of rotatable bonds is 6. The molecular weight excluding hydrogens is 326 g/mol. The number of carboxylic acids is 1. The van der Waals surface area contributed by atoms with Crippen LogP contribution in [0.25, 0.3) is 0 Å². The molecule has 8 heteroatoms. The number of nitrogens with one attached hydrogen (secondary N) is 2. The maximum Gasteiger partial charge on any atom is 0.325 e. The summed E-state index contributed by atoms with van der Waals surface area (Å²) >= 11 is 0. The number of hydrogen-bond donors (Lipinski definition) is 3. The summed E-state index contributed by atoms with van der Waals surface area (Å²) in [6.07, 6.45) is 3.90. The SMILES string of the molecule is CCC(C)(C)C1CCC2(CC1)NC(=O)N(CC(=O)NCC(=O)O)C2=O. The van der Waals surface area contributed by atoms with Gasteiger partial charge in [0.1, 0.15) is 18.6 Å². The molecule has 1 aliphatic heterocycles. The van der Waals surface area contributed by atoms with Crippen LogP contribution < -0.4 is 10.6 Å². The standard InChI is InChI=1S/C17H27N3O5/c1-4-16(2,3)11-5-7-17(8-6-11)14(24)20(15(25)19-17)10-12(21)18-9-13(22)23/h11H,4-10H2,1-3H3,(H,18,21)(H,19,25)(H,22,23). The van der Waals surface area contributed by atoms with E-state index in [4.69, 9.17) is 5.11 Å². The molecule has 0 aromatic rings. The van der Waals surface area contributed by atoms with Crippen molar-refractivity contribution in [2.75, 3.05) is 13.1 Å². The van der Waals surface area contributed by atoms with E-state index < -0.39 is 36.5 Å². The second-order valence-corrected chi connectivity index (χ2v) is 7.69. The normalized spacial score (nSPS) is 26.7. The second kappa shape index (κ2) is 7.01. The minimum atomic E-state index is -1.18. The van der Waals surface area contributed by atoms with E-state index in [-0.39, 0.29) is 11.3 Å². The number of nitrogens with zero attached hydrogens (tertiary/aromatic N) is 1. The molecule has 0 aromatic heterocycles. The van der Waals surface area contributed by atoms with Gasteiger partial charge in [0, 0.05) is 0 Å². The first-order chi connectivity index (χ1) is 11.6. The molecule has 1 spiro atoms. The van der Waals surface area contributed by atoms with E-state index in [0.29, 0.717) is 18.8 Å². The Bertz CT molecular complexity index is 579. The number of carboxylic acid groups (broad SMARTS) is 1. The molecule has 25 heavy (non-hydrogen) atoms. The minimum absolute atomic E-state index is 0.198. The van der Waals surface area contributed by atoms with Gasteiger partial charge in [-0.1, -0.05) is 27.2 Å². The van der Waals surface area contributed by atoms with E-state index in [2.05, 4.69) is 31.4 Å². The third-order valence-corrected chi connectivity index (χ3v) is 5.84. The number of urea groups is 1. The van der Waals surface area contributed by atoms with Crippen LogP contribution in [0.15, 0.2) is 0 Å². The number of hydrogen-bond acceptors (Lipinski definition) is 4. The maximum atomic E-state index is 12.7. The Hall–Kier alpha value is -2.12. The smallest absolute Gasteiger partial charge is 0.325 e. The molecule has 0 radical (unpaired) electrons. The molecular formula is C17H27N3O5. The predicted octanol–water partition coefficient (Wildman–Crippen LogP) is 1.10. The second-order valence-electron chi connectivity index (χ2n) is 7.69. The molecule has 140 valence electrons. The fourth-order valence-corrected chi connectivity index (χ4v) is 3.71. The highest BCUT2D eigenvalue weighted by Gasteiger charge is 2.53. The first-order valence-electron chi connectivity index (χ1n) is 8.74. The molecule has 0 bridgehead atoms. The Labute approximate surface area is 147 Å². The van der Waals surface area contributed by atoms with Crippen molar-refractivity contribution in [2.24, 2.45) is 11.3 Å². The highest BCUT2D eigenvalue weighted by Crippen LogP contribution is 2.45. The molecule has 2 fully saturated rings. The van der Waals surface area contributed by atoms with Gasteiger partial charge >= 0.3 is 12.0 Å². The zero-order valence-electron chi connectivity index (χ0n) is 15.1. The molecule has 0 aromatic carbocycles. The summed E-state index contributed by atoms with van der Waals surface area (Å²) in [6, 6.07) is -0.580. The zero-order valence-corrected chi connectivity index (χ0v) is 15.1. The average molecular weight is 353 g/mol. The summed E-state index contributed by atoms with van der Waals surface area (Å²) in [5.41, 5.74) is -0.714. The van der Waals surface area contributed by atoms with Crippen LogP contribution in [0.2, 0.25) is 0 Å². The van der Waals surface area contributed by atoms with Crippen LogP contribution in [-0.4, -0.2) is 52.4 Å². The van der Waals surface area contributed by atoms with Crippen molar-refractivity contribution in [1.82, 2.24) is 15.5 Å². The number of amides is 4. The van der Waals surface area contributed by atoms with Gasteiger partial charge in [0.25, 0.3) is 5.91 Å². The molecule has 1 saturated heterocycles. The maximum absolute atomic E-state index is 12.7. The highest BCUT2D eigenvalue weighted by molar-refractivity contribution is 6.09. The van der Waals surface area contributed by atoms with Gasteiger partial charge in [-0.15, -0.1) is 0 Å². The van der Waals surface area contributed by atoms with Gasteiger partial charge in [-0.3, -0.25) is 19.3 Å². The summed E-state index contributed by atoms with van der Waals surface area (Å²) < 4.78 is 0. The van der Waals surface area contributed by atoms with Gasteiger partial charge in [-0.2, -0.15) is 0 Å². The van der Waals surface area contributed by atoms with Crippen LogP contribution in [0.5, 0.6) is 0 Å². The fourth-order valence-electron chi connectivity index (χ4n) is 3.71. The Morgan fingerprint density at radius 1 is 1.32 bits per heavy atom. The quantitative estimate of drug-likeness (QED) is 0.619.